The predicted octanol–water partition coefficient (Wildman–Crippen LogP) is 4.34. The van der Waals surface area contributed by atoms with Crippen molar-refractivity contribution < 1.29 is 9.59 Å². The maximum Gasteiger partial charge on any atom is 0.230 e. The minimum atomic E-state index is 0.0149. The number of carbonyl (C=O) groups is 2. The highest BCUT2D eigenvalue weighted by Crippen LogP contribution is 2.24. The number of hydrogen-bond donors (Lipinski definition) is 0. The van der Waals surface area contributed by atoms with E-state index in [0.717, 1.165) is 19.0 Å². The lowest BCUT2D eigenvalue weighted by molar-refractivity contribution is -0.141. The minimum Gasteiger partial charge on any atom is -0.286 e. The predicted molar refractivity (Wildman–Crippen MR) is 97.5 cm³/mol. The topological polar surface area (TPSA) is 40.6 Å². The lowest BCUT2D eigenvalue weighted by Crippen LogP contribution is -2.44. The molecule has 0 aromatic carbocycles. The average molecular weight is 337 g/mol. The van der Waals surface area contributed by atoms with Crippen molar-refractivity contribution in [3.8, 4) is 0 Å². The molecule has 0 saturated carbocycles. The summed E-state index contributed by atoms with van der Waals surface area (Å²) in [6.45, 7) is 4.88. The van der Waals surface area contributed by atoms with Crippen LogP contribution in [0.2, 0.25) is 0 Å². The number of likely N-dealkylation sites (tertiary alicyclic amines) is 2. The summed E-state index contributed by atoms with van der Waals surface area (Å²) in [7, 11) is 0. The van der Waals surface area contributed by atoms with Crippen LogP contribution in [0.3, 0.4) is 0 Å². The SMILES string of the molecule is CCCCCCCCCCC1CCN(CN2C(=O)CCC2=O)CC1. The smallest absolute Gasteiger partial charge is 0.230 e. The van der Waals surface area contributed by atoms with Crippen molar-refractivity contribution in [1.29, 1.82) is 0 Å². The van der Waals surface area contributed by atoms with Gasteiger partial charge in [-0.3, -0.25) is 19.4 Å². The van der Waals surface area contributed by atoms with Gasteiger partial charge in [0.2, 0.25) is 11.8 Å². The second kappa shape index (κ2) is 10.9. The van der Waals surface area contributed by atoms with Crippen LogP contribution in [0.4, 0.5) is 0 Å². The van der Waals surface area contributed by atoms with Gasteiger partial charge >= 0.3 is 0 Å². The maximum absolute atomic E-state index is 11.7. The zero-order valence-corrected chi connectivity index (χ0v) is 15.6. The van der Waals surface area contributed by atoms with Crippen molar-refractivity contribution in [2.24, 2.45) is 5.92 Å². The zero-order chi connectivity index (χ0) is 17.2. The molecule has 0 aliphatic carbocycles. The highest BCUT2D eigenvalue weighted by atomic mass is 16.2. The van der Waals surface area contributed by atoms with E-state index in [-0.39, 0.29) is 11.8 Å². The summed E-state index contributed by atoms with van der Waals surface area (Å²) in [5, 5.41) is 0. The van der Waals surface area contributed by atoms with E-state index in [4.69, 9.17) is 0 Å². The molecule has 0 N–H and O–H groups in total. The van der Waals surface area contributed by atoms with Crippen LogP contribution in [-0.4, -0.2) is 41.4 Å². The van der Waals surface area contributed by atoms with E-state index in [1.54, 1.807) is 0 Å². The number of rotatable bonds is 11. The van der Waals surface area contributed by atoms with Crippen LogP contribution < -0.4 is 0 Å². The zero-order valence-electron chi connectivity index (χ0n) is 15.6. The van der Waals surface area contributed by atoms with E-state index in [1.807, 2.05) is 0 Å². The van der Waals surface area contributed by atoms with Crippen LogP contribution in [0.1, 0.15) is 90.4 Å². The van der Waals surface area contributed by atoms with Crippen LogP contribution in [0.5, 0.6) is 0 Å². The van der Waals surface area contributed by atoms with Gasteiger partial charge in [-0.2, -0.15) is 0 Å². The normalized spacial score (nSPS) is 20.3. The molecular formula is C20H36N2O2. The first-order chi connectivity index (χ1) is 11.7. The van der Waals surface area contributed by atoms with E-state index in [2.05, 4.69) is 11.8 Å². The second-order valence-electron chi connectivity index (χ2n) is 7.68. The molecule has 138 valence electrons. The Morgan fingerprint density at radius 1 is 0.833 bits per heavy atom. The van der Waals surface area contributed by atoms with E-state index >= 15 is 0 Å². The third kappa shape index (κ3) is 6.54. The first-order valence-electron chi connectivity index (χ1n) is 10.3. The molecule has 24 heavy (non-hydrogen) atoms. The molecule has 2 aliphatic rings. The Bertz CT molecular complexity index is 373. The summed E-state index contributed by atoms with van der Waals surface area (Å²) < 4.78 is 0. The summed E-state index contributed by atoms with van der Waals surface area (Å²) in [5.74, 6) is 0.883. The number of hydrogen-bond acceptors (Lipinski definition) is 3. The van der Waals surface area contributed by atoms with E-state index in [9.17, 15) is 9.59 Å². The second-order valence-corrected chi connectivity index (χ2v) is 7.68. The van der Waals surface area contributed by atoms with Gasteiger partial charge in [-0.05, 0) is 18.8 Å². The standard InChI is InChI=1S/C20H36N2O2/c1-2-3-4-5-6-7-8-9-10-18-13-15-21(16-14-18)17-22-19(23)11-12-20(22)24/h18H,2-17H2,1H3. The Morgan fingerprint density at radius 2 is 1.38 bits per heavy atom. The molecule has 2 fully saturated rings. The summed E-state index contributed by atoms with van der Waals surface area (Å²) in [5.41, 5.74) is 0. The van der Waals surface area contributed by atoms with Crippen molar-refractivity contribution in [3.05, 3.63) is 0 Å². The largest absolute Gasteiger partial charge is 0.286 e. The Morgan fingerprint density at radius 3 is 1.96 bits per heavy atom. The Labute approximate surface area is 148 Å². The number of unbranched alkanes of at least 4 members (excludes halogenated alkanes) is 7. The van der Waals surface area contributed by atoms with Gasteiger partial charge < -0.3 is 0 Å². The fourth-order valence-corrected chi connectivity index (χ4v) is 3.96. The molecule has 2 heterocycles. The molecule has 2 amide bonds. The van der Waals surface area contributed by atoms with Crippen LogP contribution in [0.25, 0.3) is 0 Å². The third-order valence-corrected chi connectivity index (χ3v) is 5.67. The molecule has 2 rings (SSSR count). The van der Waals surface area contributed by atoms with Crippen LogP contribution in [-0.2, 0) is 9.59 Å². The van der Waals surface area contributed by atoms with Crippen molar-refractivity contribution >= 4 is 11.8 Å². The number of imide groups is 1. The molecule has 4 heteroatoms. The molecule has 0 aromatic heterocycles. The van der Waals surface area contributed by atoms with Gasteiger partial charge in [0.1, 0.15) is 0 Å². The molecule has 2 aliphatic heterocycles. The molecule has 0 radical (unpaired) electrons. The number of nitrogens with zero attached hydrogens (tertiary/aromatic N) is 2. The molecule has 0 atom stereocenters. The van der Waals surface area contributed by atoms with E-state index < -0.39 is 0 Å². The lowest BCUT2D eigenvalue weighted by Gasteiger charge is -2.33. The summed E-state index contributed by atoms with van der Waals surface area (Å²) in [6, 6.07) is 0. The summed E-state index contributed by atoms with van der Waals surface area (Å²) >= 11 is 0. The van der Waals surface area contributed by atoms with E-state index in [0.29, 0.717) is 19.5 Å². The van der Waals surface area contributed by atoms with Gasteiger partial charge in [0, 0.05) is 25.9 Å². The van der Waals surface area contributed by atoms with Gasteiger partial charge in [0.05, 0.1) is 6.67 Å². The van der Waals surface area contributed by atoms with Crippen LogP contribution in [0, 0.1) is 5.92 Å². The quantitative estimate of drug-likeness (QED) is 0.416. The highest BCUT2D eigenvalue weighted by molar-refractivity contribution is 6.01. The van der Waals surface area contributed by atoms with Crippen molar-refractivity contribution in [2.45, 2.75) is 90.4 Å². The summed E-state index contributed by atoms with van der Waals surface area (Å²) in [6.07, 6.45) is 15.8. The number of carbonyl (C=O) groups excluding carboxylic acids is 2. The van der Waals surface area contributed by atoms with Crippen molar-refractivity contribution in [3.63, 3.8) is 0 Å². The summed E-state index contributed by atoms with van der Waals surface area (Å²) in [4.78, 5) is 27.1. The fraction of sp³-hybridized carbons (Fsp3) is 0.900. The molecule has 0 unspecified atom stereocenters. The van der Waals surface area contributed by atoms with Gasteiger partial charge in [-0.1, -0.05) is 64.7 Å². The minimum absolute atomic E-state index is 0.0149. The third-order valence-electron chi connectivity index (χ3n) is 5.67. The van der Waals surface area contributed by atoms with Gasteiger partial charge in [0.15, 0.2) is 0 Å². The van der Waals surface area contributed by atoms with Crippen LogP contribution >= 0.6 is 0 Å². The molecule has 4 nitrogen and oxygen atoms in total. The monoisotopic (exact) mass is 336 g/mol. The molecule has 0 aromatic rings. The van der Waals surface area contributed by atoms with Gasteiger partial charge in [-0.15, -0.1) is 0 Å². The molecular weight excluding hydrogens is 300 g/mol. The van der Waals surface area contributed by atoms with Crippen LogP contribution in [0.15, 0.2) is 0 Å². The molecule has 0 spiro atoms. The van der Waals surface area contributed by atoms with Crippen molar-refractivity contribution in [1.82, 2.24) is 9.80 Å². The number of amides is 2. The molecule has 0 bridgehead atoms. The fourth-order valence-electron chi connectivity index (χ4n) is 3.96. The lowest BCUT2D eigenvalue weighted by atomic mass is 9.91. The molecule has 2 saturated heterocycles. The van der Waals surface area contributed by atoms with Gasteiger partial charge in [-0.25, -0.2) is 0 Å². The van der Waals surface area contributed by atoms with E-state index in [1.165, 1.54) is 75.5 Å². The number of piperidine rings is 1. The van der Waals surface area contributed by atoms with Crippen molar-refractivity contribution in [2.75, 3.05) is 19.8 Å². The average Bonchev–Trinajstić information content (AvgIpc) is 2.90. The maximum atomic E-state index is 11.7. The Balaban J connectivity index is 1.49. The highest BCUT2D eigenvalue weighted by Gasteiger charge is 2.31. The first kappa shape index (κ1) is 19.4. The first-order valence-corrected chi connectivity index (χ1v) is 10.3. The van der Waals surface area contributed by atoms with Gasteiger partial charge in [0.25, 0.3) is 0 Å². The Hall–Kier alpha value is -0.900. The Kier molecular flexibility index (Phi) is 8.79.